The first-order chi connectivity index (χ1) is 7.97. The van der Waals surface area contributed by atoms with Crippen molar-refractivity contribution in [2.24, 2.45) is 5.73 Å². The van der Waals surface area contributed by atoms with Crippen molar-refractivity contribution in [2.45, 2.75) is 39.5 Å². The molecule has 0 aliphatic rings. The zero-order valence-corrected chi connectivity index (χ0v) is 11.2. The van der Waals surface area contributed by atoms with Crippen molar-refractivity contribution in [2.75, 3.05) is 6.54 Å². The van der Waals surface area contributed by atoms with Gasteiger partial charge in [0.2, 0.25) is 0 Å². The molecule has 1 aromatic heterocycles. The number of nitrogens with one attached hydrogen (secondary N) is 1. The van der Waals surface area contributed by atoms with Gasteiger partial charge in [-0.05, 0) is 43.4 Å². The molecular weight excluding hydrogens is 208 g/mol. The molecule has 17 heavy (non-hydrogen) atoms. The van der Waals surface area contributed by atoms with Gasteiger partial charge in [0.15, 0.2) is 0 Å². The van der Waals surface area contributed by atoms with Crippen LogP contribution in [0.4, 0.5) is 0 Å². The Hall–Kier alpha value is -1.28. The number of benzene rings is 1. The van der Waals surface area contributed by atoms with Gasteiger partial charge in [-0.2, -0.15) is 0 Å². The van der Waals surface area contributed by atoms with Gasteiger partial charge in [0.05, 0.1) is 0 Å². The van der Waals surface area contributed by atoms with Crippen molar-refractivity contribution < 1.29 is 0 Å². The lowest BCUT2D eigenvalue weighted by molar-refractivity contribution is 0.489. The lowest BCUT2D eigenvalue weighted by atomic mass is 9.80. The second-order valence-corrected chi connectivity index (χ2v) is 5.55. The summed E-state index contributed by atoms with van der Waals surface area (Å²) >= 11 is 0. The number of aromatic nitrogens is 1. The van der Waals surface area contributed by atoms with Crippen LogP contribution < -0.4 is 5.73 Å². The molecule has 2 aromatic rings. The first-order valence-electron chi connectivity index (χ1n) is 6.26. The van der Waals surface area contributed by atoms with Crippen LogP contribution in [0.5, 0.6) is 0 Å². The maximum absolute atomic E-state index is 5.73. The molecule has 0 bridgehead atoms. The third-order valence-electron chi connectivity index (χ3n) is 3.68. The van der Waals surface area contributed by atoms with E-state index in [1.165, 1.54) is 27.7 Å². The Balaban J connectivity index is 2.69. The minimum absolute atomic E-state index is 0.130. The third kappa shape index (κ3) is 1.98. The monoisotopic (exact) mass is 230 g/mol. The number of rotatable bonds is 3. The van der Waals surface area contributed by atoms with Crippen LogP contribution in [0.2, 0.25) is 0 Å². The normalized spacial score (nSPS) is 12.3. The topological polar surface area (TPSA) is 41.8 Å². The summed E-state index contributed by atoms with van der Waals surface area (Å²) in [6.45, 7) is 9.59. The van der Waals surface area contributed by atoms with E-state index in [0.29, 0.717) is 0 Å². The van der Waals surface area contributed by atoms with Crippen LogP contribution >= 0.6 is 0 Å². The van der Waals surface area contributed by atoms with Gasteiger partial charge >= 0.3 is 0 Å². The highest BCUT2D eigenvalue weighted by Gasteiger charge is 2.25. The van der Waals surface area contributed by atoms with Gasteiger partial charge in [0.1, 0.15) is 0 Å². The van der Waals surface area contributed by atoms with E-state index in [-0.39, 0.29) is 5.41 Å². The molecule has 0 aliphatic heterocycles. The van der Waals surface area contributed by atoms with Gasteiger partial charge < -0.3 is 10.7 Å². The van der Waals surface area contributed by atoms with E-state index in [1.54, 1.807) is 0 Å². The minimum Gasteiger partial charge on any atom is -0.358 e. The Morgan fingerprint density at radius 2 is 1.94 bits per heavy atom. The lowest BCUT2D eigenvalue weighted by Gasteiger charge is -2.25. The van der Waals surface area contributed by atoms with Crippen LogP contribution in [0, 0.1) is 13.8 Å². The van der Waals surface area contributed by atoms with Gasteiger partial charge in [0, 0.05) is 16.6 Å². The van der Waals surface area contributed by atoms with Gasteiger partial charge in [-0.3, -0.25) is 0 Å². The fraction of sp³-hybridized carbons (Fsp3) is 0.467. The summed E-state index contributed by atoms with van der Waals surface area (Å²) in [6, 6.07) is 6.49. The van der Waals surface area contributed by atoms with Crippen LogP contribution in [0.15, 0.2) is 18.2 Å². The molecule has 0 spiro atoms. The van der Waals surface area contributed by atoms with Crippen LogP contribution in [-0.2, 0) is 5.41 Å². The molecule has 0 atom stereocenters. The molecule has 0 saturated heterocycles. The average molecular weight is 230 g/mol. The summed E-state index contributed by atoms with van der Waals surface area (Å²) in [6.07, 6.45) is 1.01. The molecule has 0 unspecified atom stereocenters. The molecule has 0 aliphatic carbocycles. The average Bonchev–Trinajstić information content (AvgIpc) is 2.56. The van der Waals surface area contributed by atoms with Gasteiger partial charge in [-0.15, -0.1) is 0 Å². The molecule has 0 radical (unpaired) electrons. The summed E-state index contributed by atoms with van der Waals surface area (Å²) in [5.41, 5.74) is 11.1. The first kappa shape index (κ1) is 12.2. The molecule has 92 valence electrons. The molecule has 2 nitrogen and oxygen atoms in total. The number of H-pyrrole nitrogens is 1. The molecule has 0 fully saturated rings. The standard InChI is InChI=1S/C15H22N2/c1-10-6-5-7-12-13(11(2)17-14(10)12)15(3,4)8-9-16/h5-7,17H,8-9,16H2,1-4H3. The molecular formula is C15H22N2. The highest BCUT2D eigenvalue weighted by Crippen LogP contribution is 2.36. The van der Waals surface area contributed by atoms with E-state index in [9.17, 15) is 0 Å². The first-order valence-corrected chi connectivity index (χ1v) is 6.26. The van der Waals surface area contributed by atoms with Crippen molar-refractivity contribution in [3.63, 3.8) is 0 Å². The molecule has 2 heteroatoms. The maximum atomic E-state index is 5.73. The second kappa shape index (κ2) is 4.19. The van der Waals surface area contributed by atoms with Crippen LogP contribution in [-0.4, -0.2) is 11.5 Å². The maximum Gasteiger partial charge on any atom is 0.0488 e. The van der Waals surface area contributed by atoms with Crippen molar-refractivity contribution >= 4 is 10.9 Å². The van der Waals surface area contributed by atoms with E-state index in [0.717, 1.165) is 13.0 Å². The summed E-state index contributed by atoms with van der Waals surface area (Å²) in [5.74, 6) is 0. The number of hydrogen-bond donors (Lipinski definition) is 2. The molecule has 2 rings (SSSR count). The Morgan fingerprint density at radius 3 is 2.59 bits per heavy atom. The van der Waals surface area contributed by atoms with E-state index in [2.05, 4.69) is 50.9 Å². The molecule has 1 aromatic carbocycles. The molecule has 3 N–H and O–H groups in total. The molecule has 0 amide bonds. The number of nitrogens with two attached hydrogens (primary N) is 1. The van der Waals surface area contributed by atoms with Crippen molar-refractivity contribution in [1.82, 2.24) is 4.98 Å². The Labute approximate surface area is 103 Å². The number of aryl methyl sites for hydroxylation is 2. The van der Waals surface area contributed by atoms with E-state index < -0.39 is 0 Å². The van der Waals surface area contributed by atoms with Crippen molar-refractivity contribution in [3.05, 3.63) is 35.0 Å². The minimum atomic E-state index is 0.130. The third-order valence-corrected chi connectivity index (χ3v) is 3.68. The summed E-state index contributed by atoms with van der Waals surface area (Å²) in [5, 5.41) is 1.35. The zero-order valence-electron chi connectivity index (χ0n) is 11.2. The Bertz CT molecular complexity index is 535. The SMILES string of the molecule is Cc1[nH]c2c(C)cccc2c1C(C)(C)CCN. The fourth-order valence-electron chi connectivity index (χ4n) is 2.85. The summed E-state index contributed by atoms with van der Waals surface area (Å²) in [7, 11) is 0. The summed E-state index contributed by atoms with van der Waals surface area (Å²) < 4.78 is 0. The van der Waals surface area contributed by atoms with Gasteiger partial charge in [-0.1, -0.05) is 32.0 Å². The van der Waals surface area contributed by atoms with Crippen molar-refractivity contribution in [3.8, 4) is 0 Å². The fourth-order valence-corrected chi connectivity index (χ4v) is 2.85. The van der Waals surface area contributed by atoms with E-state index in [4.69, 9.17) is 5.73 Å². The predicted molar refractivity (Wildman–Crippen MR) is 74.5 cm³/mol. The summed E-state index contributed by atoms with van der Waals surface area (Å²) in [4.78, 5) is 3.52. The lowest BCUT2D eigenvalue weighted by Crippen LogP contribution is -2.22. The molecule has 1 heterocycles. The number of aromatic amines is 1. The zero-order chi connectivity index (χ0) is 12.6. The Morgan fingerprint density at radius 1 is 1.24 bits per heavy atom. The largest absolute Gasteiger partial charge is 0.358 e. The smallest absolute Gasteiger partial charge is 0.0488 e. The highest BCUT2D eigenvalue weighted by molar-refractivity contribution is 5.88. The van der Waals surface area contributed by atoms with Crippen molar-refractivity contribution in [1.29, 1.82) is 0 Å². The molecule has 0 saturated carbocycles. The number of fused-ring (bicyclic) bond motifs is 1. The second-order valence-electron chi connectivity index (χ2n) is 5.55. The predicted octanol–water partition coefficient (Wildman–Crippen LogP) is 3.41. The Kier molecular flexibility index (Phi) is 3.00. The van der Waals surface area contributed by atoms with Crippen LogP contribution in [0.25, 0.3) is 10.9 Å². The van der Waals surface area contributed by atoms with Gasteiger partial charge in [0.25, 0.3) is 0 Å². The number of hydrogen-bond acceptors (Lipinski definition) is 1. The number of para-hydroxylation sites is 1. The van der Waals surface area contributed by atoms with E-state index >= 15 is 0 Å². The van der Waals surface area contributed by atoms with E-state index in [1.807, 2.05) is 0 Å². The van der Waals surface area contributed by atoms with Gasteiger partial charge in [-0.25, -0.2) is 0 Å². The van der Waals surface area contributed by atoms with Crippen LogP contribution in [0.1, 0.15) is 37.1 Å². The highest BCUT2D eigenvalue weighted by atomic mass is 14.7. The quantitative estimate of drug-likeness (QED) is 0.833. The van der Waals surface area contributed by atoms with Crippen LogP contribution in [0.3, 0.4) is 0 Å².